The second-order valence-corrected chi connectivity index (χ2v) is 7.46. The molecule has 1 aliphatic rings. The first kappa shape index (κ1) is 14.5. The number of carboxylic acids is 1. The molecule has 0 unspecified atom stereocenters. The Balaban J connectivity index is 2.57. The zero-order chi connectivity index (χ0) is 14.4. The van der Waals surface area contributed by atoms with E-state index in [1.165, 1.54) is 23.5 Å². The van der Waals surface area contributed by atoms with E-state index in [1.54, 1.807) is 6.92 Å². The van der Waals surface area contributed by atoms with E-state index in [0.29, 0.717) is 10.0 Å². The zero-order valence-corrected chi connectivity index (χ0v) is 13.0. The van der Waals surface area contributed by atoms with Crippen LogP contribution in [0.25, 0.3) is 0 Å². The molecule has 0 aliphatic heterocycles. The van der Waals surface area contributed by atoms with Crippen LogP contribution < -0.4 is 0 Å². The molecule has 2 rings (SSSR count). The lowest BCUT2D eigenvalue weighted by molar-refractivity contribution is 0.0696. The summed E-state index contributed by atoms with van der Waals surface area (Å²) in [5.41, 5.74) is 0.484. The molecule has 0 spiro atoms. The predicted octanol–water partition coefficient (Wildman–Crippen LogP) is 2.24. The van der Waals surface area contributed by atoms with Gasteiger partial charge in [-0.25, -0.2) is 13.2 Å². The molecule has 1 aliphatic carbocycles. The van der Waals surface area contributed by atoms with Crippen molar-refractivity contribution in [3.63, 3.8) is 0 Å². The number of hydrogen-bond acceptors (Lipinski definition) is 3. The topological polar surface area (TPSA) is 74.7 Å². The highest BCUT2D eigenvalue weighted by atomic mass is 79.9. The van der Waals surface area contributed by atoms with Gasteiger partial charge in [0, 0.05) is 17.6 Å². The van der Waals surface area contributed by atoms with Gasteiger partial charge in [-0.15, -0.1) is 0 Å². The molecule has 1 aromatic carbocycles. The Hall–Kier alpha value is -0.920. The van der Waals surface area contributed by atoms with Crippen molar-refractivity contribution in [1.82, 2.24) is 4.31 Å². The van der Waals surface area contributed by atoms with Crippen LogP contribution in [0.5, 0.6) is 0 Å². The van der Waals surface area contributed by atoms with E-state index in [2.05, 4.69) is 15.9 Å². The highest BCUT2D eigenvalue weighted by Gasteiger charge is 2.36. The molecule has 0 heterocycles. The van der Waals surface area contributed by atoms with Gasteiger partial charge in [0.25, 0.3) is 0 Å². The average molecular weight is 348 g/mol. The normalized spacial score (nSPS) is 15.8. The van der Waals surface area contributed by atoms with E-state index in [9.17, 15) is 13.2 Å². The van der Waals surface area contributed by atoms with Crippen molar-refractivity contribution in [2.45, 2.75) is 30.7 Å². The van der Waals surface area contributed by atoms with Crippen LogP contribution in [0, 0.1) is 6.92 Å². The van der Waals surface area contributed by atoms with Gasteiger partial charge in [0.1, 0.15) is 0 Å². The highest BCUT2D eigenvalue weighted by Crippen LogP contribution is 2.33. The molecule has 1 aromatic rings. The van der Waals surface area contributed by atoms with Gasteiger partial charge in [0.05, 0.1) is 10.5 Å². The van der Waals surface area contributed by atoms with Crippen molar-refractivity contribution in [3.05, 3.63) is 27.7 Å². The lowest BCUT2D eigenvalue weighted by Crippen LogP contribution is -2.29. The van der Waals surface area contributed by atoms with Gasteiger partial charge in [0.2, 0.25) is 10.0 Å². The van der Waals surface area contributed by atoms with Crippen LogP contribution >= 0.6 is 15.9 Å². The largest absolute Gasteiger partial charge is 0.478 e. The molecule has 1 fully saturated rings. The molecule has 1 N–H and O–H groups in total. The fourth-order valence-corrected chi connectivity index (χ4v) is 4.11. The molecule has 7 heteroatoms. The number of rotatable bonds is 4. The highest BCUT2D eigenvalue weighted by molar-refractivity contribution is 9.10. The predicted molar refractivity (Wildman–Crippen MR) is 73.8 cm³/mol. The zero-order valence-electron chi connectivity index (χ0n) is 10.6. The minimum absolute atomic E-state index is 0.0386. The first-order valence-corrected chi connectivity index (χ1v) is 8.00. The van der Waals surface area contributed by atoms with E-state index in [0.717, 1.165) is 12.8 Å². The Morgan fingerprint density at radius 2 is 2.00 bits per heavy atom. The smallest absolute Gasteiger partial charge is 0.335 e. The number of carbonyl (C=O) groups is 1. The molecule has 0 aromatic heterocycles. The summed E-state index contributed by atoms with van der Waals surface area (Å²) in [4.78, 5) is 11.1. The van der Waals surface area contributed by atoms with Crippen molar-refractivity contribution in [1.29, 1.82) is 0 Å². The second kappa shape index (κ2) is 4.88. The van der Waals surface area contributed by atoms with Crippen molar-refractivity contribution < 1.29 is 18.3 Å². The Labute approximate surface area is 120 Å². The maximum Gasteiger partial charge on any atom is 0.335 e. The molecule has 19 heavy (non-hydrogen) atoms. The van der Waals surface area contributed by atoms with Crippen LogP contribution in [0.4, 0.5) is 0 Å². The van der Waals surface area contributed by atoms with Crippen molar-refractivity contribution in [2.75, 3.05) is 7.05 Å². The molecular weight excluding hydrogens is 334 g/mol. The average Bonchev–Trinajstić information content (AvgIpc) is 3.14. The van der Waals surface area contributed by atoms with Crippen LogP contribution in [-0.2, 0) is 10.0 Å². The quantitative estimate of drug-likeness (QED) is 0.906. The SMILES string of the molecule is Cc1c(Br)cc(C(=O)O)cc1S(=O)(=O)N(C)C1CC1. The number of hydrogen-bond donors (Lipinski definition) is 1. The summed E-state index contributed by atoms with van der Waals surface area (Å²) in [6.45, 7) is 1.66. The van der Waals surface area contributed by atoms with E-state index in [-0.39, 0.29) is 16.5 Å². The lowest BCUT2D eigenvalue weighted by atomic mass is 10.1. The minimum atomic E-state index is -3.64. The summed E-state index contributed by atoms with van der Waals surface area (Å²) in [5.74, 6) is -1.15. The third-order valence-corrected chi connectivity index (χ3v) is 6.12. The summed E-state index contributed by atoms with van der Waals surface area (Å²) >= 11 is 3.21. The molecule has 5 nitrogen and oxygen atoms in total. The molecular formula is C12H14BrNO4S. The van der Waals surface area contributed by atoms with Gasteiger partial charge >= 0.3 is 5.97 Å². The van der Waals surface area contributed by atoms with Gasteiger partial charge in [-0.2, -0.15) is 4.31 Å². The molecule has 1 saturated carbocycles. The maximum absolute atomic E-state index is 12.5. The third-order valence-electron chi connectivity index (χ3n) is 3.26. The van der Waals surface area contributed by atoms with E-state index >= 15 is 0 Å². The van der Waals surface area contributed by atoms with Crippen LogP contribution in [0.2, 0.25) is 0 Å². The number of aromatic carboxylic acids is 1. The molecule has 0 radical (unpaired) electrons. The summed E-state index contributed by atoms with van der Waals surface area (Å²) in [6, 6.07) is 2.67. The fourth-order valence-electron chi connectivity index (χ4n) is 1.83. The van der Waals surface area contributed by atoms with E-state index in [4.69, 9.17) is 5.11 Å². The lowest BCUT2D eigenvalue weighted by Gasteiger charge is -2.19. The Morgan fingerprint density at radius 3 is 2.47 bits per heavy atom. The molecule has 0 atom stereocenters. The fraction of sp³-hybridized carbons (Fsp3) is 0.417. The van der Waals surface area contributed by atoms with Crippen molar-refractivity contribution in [3.8, 4) is 0 Å². The number of halogens is 1. The summed E-state index contributed by atoms with van der Waals surface area (Å²) in [6.07, 6.45) is 1.71. The van der Waals surface area contributed by atoms with E-state index in [1.807, 2.05) is 0 Å². The summed E-state index contributed by atoms with van der Waals surface area (Å²) in [5, 5.41) is 9.02. The second-order valence-electron chi connectivity index (χ2n) is 4.64. The van der Waals surface area contributed by atoms with Gasteiger partial charge in [-0.3, -0.25) is 0 Å². The van der Waals surface area contributed by atoms with E-state index < -0.39 is 16.0 Å². The molecule has 0 amide bonds. The number of benzene rings is 1. The summed E-state index contributed by atoms with van der Waals surface area (Å²) < 4.78 is 26.8. The monoisotopic (exact) mass is 347 g/mol. The Morgan fingerprint density at radius 1 is 1.42 bits per heavy atom. The standard InChI is InChI=1S/C12H14BrNO4S/c1-7-10(13)5-8(12(15)16)6-11(7)19(17,18)14(2)9-3-4-9/h5-6,9H,3-4H2,1-2H3,(H,15,16). The van der Waals surface area contributed by atoms with Crippen LogP contribution in [0.15, 0.2) is 21.5 Å². The maximum atomic E-state index is 12.5. The van der Waals surface area contributed by atoms with Gasteiger partial charge in [-0.05, 0) is 37.5 Å². The minimum Gasteiger partial charge on any atom is -0.478 e. The first-order chi connectivity index (χ1) is 8.75. The van der Waals surface area contributed by atoms with Gasteiger partial charge < -0.3 is 5.11 Å². The number of sulfonamides is 1. The van der Waals surface area contributed by atoms with Crippen molar-refractivity contribution >= 4 is 31.9 Å². The first-order valence-electron chi connectivity index (χ1n) is 5.76. The molecule has 0 bridgehead atoms. The Bertz CT molecular complexity index is 637. The number of nitrogens with zero attached hydrogens (tertiary/aromatic N) is 1. The molecule has 104 valence electrons. The van der Waals surface area contributed by atoms with Gasteiger partial charge in [-0.1, -0.05) is 15.9 Å². The van der Waals surface area contributed by atoms with Crippen LogP contribution in [0.3, 0.4) is 0 Å². The van der Waals surface area contributed by atoms with Crippen molar-refractivity contribution in [2.24, 2.45) is 0 Å². The molecule has 0 saturated heterocycles. The third kappa shape index (κ3) is 2.68. The number of carboxylic acid groups (broad SMARTS) is 1. The van der Waals surface area contributed by atoms with Crippen LogP contribution in [0.1, 0.15) is 28.8 Å². The summed E-state index contributed by atoms with van der Waals surface area (Å²) in [7, 11) is -2.11. The van der Waals surface area contributed by atoms with Crippen LogP contribution in [-0.4, -0.2) is 36.9 Å². The van der Waals surface area contributed by atoms with Gasteiger partial charge in [0.15, 0.2) is 0 Å². The Kier molecular flexibility index (Phi) is 3.72.